The van der Waals surface area contributed by atoms with Crippen molar-refractivity contribution in [2.24, 2.45) is 5.92 Å². The van der Waals surface area contributed by atoms with Gasteiger partial charge < -0.3 is 5.32 Å². The molecule has 0 heterocycles. The Labute approximate surface area is 223 Å². The summed E-state index contributed by atoms with van der Waals surface area (Å²) in [5.74, 6) is 1.12. The summed E-state index contributed by atoms with van der Waals surface area (Å²) in [6.45, 7) is 21.2. The topological polar surface area (TPSA) is 29.1 Å². The lowest BCUT2D eigenvalue weighted by molar-refractivity contribution is 0.0994. The molecular formula is C34H53NO. The fourth-order valence-corrected chi connectivity index (χ4v) is 4.98. The Kier molecular flexibility index (Phi) is 14.4. The number of hydrogen-bond donors (Lipinski definition) is 1. The second-order valence-corrected chi connectivity index (χ2v) is 9.81. The molecule has 0 fully saturated rings. The minimum absolute atomic E-state index is 0.237. The van der Waals surface area contributed by atoms with Gasteiger partial charge in [-0.25, -0.2) is 0 Å². The average Bonchev–Trinajstić information content (AvgIpc) is 3.28. The van der Waals surface area contributed by atoms with Crippen LogP contribution in [0.2, 0.25) is 0 Å². The molecule has 0 spiro atoms. The van der Waals surface area contributed by atoms with Gasteiger partial charge in [0.25, 0.3) is 0 Å². The summed E-state index contributed by atoms with van der Waals surface area (Å²) in [5, 5.41) is 3.51. The van der Waals surface area contributed by atoms with E-state index in [0.717, 1.165) is 24.3 Å². The monoisotopic (exact) mass is 491 g/mol. The molecule has 2 heteroatoms. The van der Waals surface area contributed by atoms with Crippen molar-refractivity contribution >= 4 is 5.78 Å². The number of aryl methyl sites for hydroxylation is 2. The molecular weight excluding hydrogens is 438 g/mol. The maximum atomic E-state index is 12.5. The van der Waals surface area contributed by atoms with Crippen LogP contribution in [-0.4, -0.2) is 5.78 Å². The van der Waals surface area contributed by atoms with Gasteiger partial charge in [0.2, 0.25) is 0 Å². The molecule has 0 aromatic heterocycles. The Morgan fingerprint density at radius 2 is 1.64 bits per heavy atom. The van der Waals surface area contributed by atoms with Gasteiger partial charge in [0, 0.05) is 18.0 Å². The Hall–Kier alpha value is -2.35. The zero-order chi connectivity index (χ0) is 27.3. The number of carbonyl (C=O) groups excluding carboxylic acids is 1. The lowest BCUT2D eigenvalue weighted by atomic mass is 9.85. The highest BCUT2D eigenvalue weighted by Crippen LogP contribution is 2.39. The van der Waals surface area contributed by atoms with Crippen LogP contribution < -0.4 is 5.32 Å². The smallest absolute Gasteiger partial charge is 0.163 e. The molecule has 0 saturated carbocycles. The van der Waals surface area contributed by atoms with Gasteiger partial charge in [-0.3, -0.25) is 4.79 Å². The van der Waals surface area contributed by atoms with Crippen LogP contribution >= 0.6 is 0 Å². The molecule has 1 N–H and O–H groups in total. The third kappa shape index (κ3) is 8.36. The van der Waals surface area contributed by atoms with Crippen molar-refractivity contribution in [3.63, 3.8) is 0 Å². The molecule has 1 aliphatic rings. The predicted molar refractivity (Wildman–Crippen MR) is 160 cm³/mol. The molecule has 0 aliphatic heterocycles. The van der Waals surface area contributed by atoms with E-state index in [0.29, 0.717) is 12.2 Å². The number of fused-ring (bicyclic) bond motifs is 1. The van der Waals surface area contributed by atoms with Crippen molar-refractivity contribution in [2.75, 3.05) is 0 Å². The highest BCUT2D eigenvalue weighted by molar-refractivity contribution is 6.03. The van der Waals surface area contributed by atoms with Crippen LogP contribution in [0.15, 0.2) is 42.1 Å². The minimum atomic E-state index is 0.237. The van der Waals surface area contributed by atoms with Crippen LogP contribution in [0.4, 0.5) is 0 Å². The van der Waals surface area contributed by atoms with Gasteiger partial charge in [-0.15, -0.1) is 0 Å². The second kappa shape index (κ2) is 16.4. The van der Waals surface area contributed by atoms with Crippen LogP contribution in [0.1, 0.15) is 133 Å². The molecule has 2 aromatic carbocycles. The Bertz CT molecular complexity index is 977. The van der Waals surface area contributed by atoms with Gasteiger partial charge in [-0.05, 0) is 98.5 Å². The van der Waals surface area contributed by atoms with Crippen molar-refractivity contribution in [1.29, 1.82) is 0 Å². The highest BCUT2D eigenvalue weighted by atomic mass is 16.1. The number of carbonyl (C=O) groups is 1. The van der Waals surface area contributed by atoms with Gasteiger partial charge in [0.1, 0.15) is 0 Å². The van der Waals surface area contributed by atoms with E-state index in [-0.39, 0.29) is 6.04 Å². The van der Waals surface area contributed by atoms with E-state index < -0.39 is 0 Å². The molecule has 0 radical (unpaired) electrons. The molecule has 2 nitrogen and oxygen atoms in total. The first-order valence-corrected chi connectivity index (χ1v) is 14.5. The van der Waals surface area contributed by atoms with E-state index in [1.54, 1.807) is 0 Å². The zero-order valence-corrected chi connectivity index (χ0v) is 25.0. The third-order valence-electron chi connectivity index (χ3n) is 7.17. The standard InChI is InChI=1S/C30H41NO.2C2H6/c1-7-23(8-2)10-9-11-24-14-15-26-27(16-17-29(26)32)30(24)28-18-25(13-12-21(28)5)22(6)31-19-20(3)4;2*1-2/h12-15,18-19,22-23,31H,7-11,16-17H2,1-6H3;2*1-2H3. The van der Waals surface area contributed by atoms with Crippen LogP contribution in [0.25, 0.3) is 11.1 Å². The Morgan fingerprint density at radius 1 is 0.972 bits per heavy atom. The third-order valence-corrected chi connectivity index (χ3v) is 7.17. The normalized spacial score (nSPS) is 12.7. The summed E-state index contributed by atoms with van der Waals surface area (Å²) in [5.41, 5.74) is 10.1. The van der Waals surface area contributed by atoms with Crippen molar-refractivity contribution in [1.82, 2.24) is 5.32 Å². The van der Waals surface area contributed by atoms with Gasteiger partial charge >= 0.3 is 0 Å². The number of nitrogens with one attached hydrogen (secondary N) is 1. The zero-order valence-electron chi connectivity index (χ0n) is 25.0. The fourth-order valence-electron chi connectivity index (χ4n) is 4.98. The number of hydrogen-bond acceptors (Lipinski definition) is 2. The van der Waals surface area contributed by atoms with Crippen LogP contribution in [0.3, 0.4) is 0 Å². The number of benzene rings is 2. The SMILES string of the molecule is CC.CC.CCC(CC)CCCc1ccc2c(c1-c1cc(C(C)NC=C(C)C)ccc1C)CCC2=O. The maximum Gasteiger partial charge on any atom is 0.163 e. The molecule has 0 amide bonds. The fraction of sp³-hybridized carbons (Fsp3) is 0.559. The van der Waals surface area contributed by atoms with Gasteiger partial charge in [-0.2, -0.15) is 0 Å². The molecule has 0 saturated heterocycles. The largest absolute Gasteiger partial charge is 0.384 e. The summed E-state index contributed by atoms with van der Waals surface area (Å²) in [6, 6.07) is 11.4. The lowest BCUT2D eigenvalue weighted by Gasteiger charge is -2.20. The first kappa shape index (κ1) is 31.7. The molecule has 1 aliphatic carbocycles. The molecule has 3 rings (SSSR count). The summed E-state index contributed by atoms with van der Waals surface area (Å²) in [7, 11) is 0. The molecule has 1 unspecified atom stereocenters. The van der Waals surface area contributed by atoms with Gasteiger partial charge in [0.15, 0.2) is 5.78 Å². The van der Waals surface area contributed by atoms with E-state index in [1.807, 2.05) is 27.7 Å². The van der Waals surface area contributed by atoms with Crippen LogP contribution in [0.5, 0.6) is 0 Å². The van der Waals surface area contributed by atoms with Crippen LogP contribution in [-0.2, 0) is 12.8 Å². The van der Waals surface area contributed by atoms with Gasteiger partial charge in [0.05, 0.1) is 0 Å². The van der Waals surface area contributed by atoms with Crippen molar-refractivity contribution in [3.8, 4) is 11.1 Å². The summed E-state index contributed by atoms with van der Waals surface area (Å²) < 4.78 is 0. The molecule has 200 valence electrons. The highest BCUT2D eigenvalue weighted by Gasteiger charge is 2.25. The lowest BCUT2D eigenvalue weighted by Crippen LogP contribution is -2.12. The number of rotatable bonds is 10. The van der Waals surface area contributed by atoms with E-state index in [4.69, 9.17) is 0 Å². The molecule has 2 aromatic rings. The van der Waals surface area contributed by atoms with Crippen molar-refractivity contribution in [2.45, 2.75) is 120 Å². The first-order valence-electron chi connectivity index (χ1n) is 14.5. The molecule has 1 atom stereocenters. The van der Waals surface area contributed by atoms with E-state index in [2.05, 4.69) is 83.4 Å². The van der Waals surface area contributed by atoms with E-state index in [1.165, 1.54) is 64.6 Å². The second-order valence-electron chi connectivity index (χ2n) is 9.81. The van der Waals surface area contributed by atoms with Crippen molar-refractivity contribution < 1.29 is 4.79 Å². The summed E-state index contributed by atoms with van der Waals surface area (Å²) in [4.78, 5) is 12.5. The number of ketones is 1. The average molecular weight is 492 g/mol. The van der Waals surface area contributed by atoms with E-state index >= 15 is 0 Å². The Morgan fingerprint density at radius 3 is 2.25 bits per heavy atom. The first-order chi connectivity index (χ1) is 17.3. The molecule has 36 heavy (non-hydrogen) atoms. The van der Waals surface area contributed by atoms with Crippen LogP contribution in [0, 0.1) is 12.8 Å². The molecule has 0 bridgehead atoms. The Balaban J connectivity index is 0.00000154. The summed E-state index contributed by atoms with van der Waals surface area (Å²) in [6.07, 6.45) is 9.72. The van der Waals surface area contributed by atoms with Gasteiger partial charge in [-0.1, -0.05) is 90.6 Å². The summed E-state index contributed by atoms with van der Waals surface area (Å²) >= 11 is 0. The van der Waals surface area contributed by atoms with E-state index in [9.17, 15) is 4.79 Å². The maximum absolute atomic E-state index is 12.5. The predicted octanol–water partition coefficient (Wildman–Crippen LogP) is 10.2. The number of allylic oxidation sites excluding steroid dienone is 1. The van der Waals surface area contributed by atoms with Crippen molar-refractivity contribution in [3.05, 3.63) is 69.9 Å². The minimum Gasteiger partial charge on any atom is -0.384 e. The number of Topliss-reactive ketones (excluding diaryl/α,β-unsaturated/α-hetero) is 1. The quantitative estimate of drug-likeness (QED) is 0.358.